The fraction of sp³-hybridized carbons (Fsp3) is 0.368. The maximum atomic E-state index is 9.73. The number of aromatic amines is 2. The molecule has 3 unspecified atom stereocenters. The number of ether oxygens (including phenoxy) is 1. The van der Waals surface area contributed by atoms with Crippen LogP contribution in [0.5, 0.6) is 0 Å². The van der Waals surface area contributed by atoms with E-state index in [2.05, 4.69) is 15.0 Å². The zero-order valence-electron chi connectivity index (χ0n) is 15.0. The summed E-state index contributed by atoms with van der Waals surface area (Å²) in [5.74, 6) is 0. The lowest BCUT2D eigenvalue weighted by Crippen LogP contribution is -2.32. The maximum Gasteiger partial charge on any atom is 0.138 e. The average molecular weight is 424 g/mol. The number of benzene rings is 1. The van der Waals surface area contributed by atoms with E-state index in [1.807, 2.05) is 24.4 Å². The lowest BCUT2D eigenvalue weighted by molar-refractivity contribution is -0.0552. The number of aromatic nitrogens is 3. The second-order valence-electron chi connectivity index (χ2n) is 6.48. The number of fused-ring (bicyclic) bond motifs is 2. The van der Waals surface area contributed by atoms with Crippen LogP contribution in [0, 0.1) is 4.64 Å². The Bertz CT molecular complexity index is 977. The molecule has 0 aliphatic carbocycles. The first-order chi connectivity index (χ1) is 13.5. The first-order valence-electron chi connectivity index (χ1n) is 8.87. The molecule has 7 nitrogen and oxygen atoms in total. The molecule has 2 aromatic heterocycles. The van der Waals surface area contributed by atoms with Crippen LogP contribution >= 0.6 is 23.8 Å². The molecule has 0 saturated carbocycles. The number of aliphatic hydroxyl groups is 3. The second-order valence-corrected chi connectivity index (χ2v) is 7.30. The van der Waals surface area contributed by atoms with Crippen molar-refractivity contribution in [1.29, 1.82) is 0 Å². The fourth-order valence-electron chi connectivity index (χ4n) is 3.09. The molecule has 0 saturated heterocycles. The van der Waals surface area contributed by atoms with Crippen LogP contribution in [-0.2, 0) is 11.2 Å². The van der Waals surface area contributed by atoms with E-state index in [9.17, 15) is 10.2 Å². The zero-order chi connectivity index (χ0) is 20.1. The van der Waals surface area contributed by atoms with Gasteiger partial charge < -0.3 is 30.0 Å². The highest BCUT2D eigenvalue weighted by Gasteiger charge is 2.26. The van der Waals surface area contributed by atoms with Gasteiger partial charge in [-0.25, -0.2) is 4.98 Å². The standard InChI is InChI=1S/C13H17ClO4.C6H5N3S/c14-9-1-2-10-8(5-9)3-4-18-13(10)6-11(16)12(17)7-15;10-6-4-1-2-7-5(4)8-3-9-6/h1-2,5,11-13,15-17H,3-4,6-7H2;1-3H,(H2,7,8,9,10). The van der Waals surface area contributed by atoms with Crippen molar-refractivity contribution in [3.05, 3.63) is 57.6 Å². The Morgan fingerprint density at radius 1 is 1.25 bits per heavy atom. The molecule has 0 radical (unpaired) electrons. The van der Waals surface area contributed by atoms with Gasteiger partial charge in [-0.1, -0.05) is 29.9 Å². The van der Waals surface area contributed by atoms with E-state index in [0.717, 1.165) is 28.6 Å². The highest BCUT2D eigenvalue weighted by atomic mass is 35.5. The number of H-pyrrole nitrogens is 2. The summed E-state index contributed by atoms with van der Waals surface area (Å²) in [5.41, 5.74) is 3.04. The van der Waals surface area contributed by atoms with Gasteiger partial charge in [-0.3, -0.25) is 0 Å². The highest BCUT2D eigenvalue weighted by molar-refractivity contribution is 7.71. The van der Waals surface area contributed by atoms with E-state index in [-0.39, 0.29) is 12.5 Å². The second kappa shape index (κ2) is 9.60. The molecule has 3 aromatic rings. The molecule has 150 valence electrons. The van der Waals surface area contributed by atoms with Gasteiger partial charge in [0.25, 0.3) is 0 Å². The summed E-state index contributed by atoms with van der Waals surface area (Å²) in [7, 11) is 0. The minimum atomic E-state index is -1.13. The van der Waals surface area contributed by atoms with Crippen molar-refractivity contribution >= 4 is 34.9 Å². The third-order valence-electron chi connectivity index (χ3n) is 4.60. The summed E-state index contributed by atoms with van der Waals surface area (Å²) in [6.45, 7) is 0.112. The Hall–Kier alpha value is -1.81. The molecule has 9 heteroatoms. The molecule has 4 rings (SSSR count). The molecule has 1 aliphatic heterocycles. The number of aliphatic hydroxyl groups excluding tert-OH is 3. The van der Waals surface area contributed by atoms with Gasteiger partial charge in [0.15, 0.2) is 0 Å². The summed E-state index contributed by atoms with van der Waals surface area (Å²) < 4.78 is 6.25. The third kappa shape index (κ3) is 4.96. The van der Waals surface area contributed by atoms with Crippen molar-refractivity contribution in [3.8, 4) is 0 Å². The van der Waals surface area contributed by atoms with Crippen LogP contribution in [0.4, 0.5) is 0 Å². The summed E-state index contributed by atoms with van der Waals surface area (Å²) in [6, 6.07) is 7.49. The van der Waals surface area contributed by atoms with E-state index in [1.54, 1.807) is 12.4 Å². The zero-order valence-corrected chi connectivity index (χ0v) is 16.6. The van der Waals surface area contributed by atoms with Crippen LogP contribution in [0.1, 0.15) is 23.7 Å². The number of hydrogen-bond donors (Lipinski definition) is 5. The van der Waals surface area contributed by atoms with Gasteiger partial charge >= 0.3 is 0 Å². The quantitative estimate of drug-likeness (QED) is 0.412. The molecule has 28 heavy (non-hydrogen) atoms. The Morgan fingerprint density at radius 3 is 2.82 bits per heavy atom. The average Bonchev–Trinajstić information content (AvgIpc) is 3.18. The number of rotatable bonds is 4. The lowest BCUT2D eigenvalue weighted by atomic mass is 9.93. The molecule has 1 aliphatic rings. The number of halogens is 1. The maximum absolute atomic E-state index is 9.73. The van der Waals surface area contributed by atoms with E-state index >= 15 is 0 Å². The third-order valence-corrected chi connectivity index (χ3v) is 5.16. The van der Waals surface area contributed by atoms with Crippen LogP contribution in [-0.4, -0.2) is 55.7 Å². The van der Waals surface area contributed by atoms with Crippen LogP contribution in [0.25, 0.3) is 11.0 Å². The Kier molecular flexibility index (Phi) is 7.17. The molecule has 5 N–H and O–H groups in total. The Balaban J connectivity index is 0.000000188. The topological polar surface area (TPSA) is 114 Å². The summed E-state index contributed by atoms with van der Waals surface area (Å²) in [6.07, 6.45) is 2.08. The van der Waals surface area contributed by atoms with Gasteiger partial charge in [0, 0.05) is 17.6 Å². The molecule has 1 aromatic carbocycles. The SMILES string of the molecule is OCC(O)C(O)CC1OCCc2cc(Cl)ccc21.S=c1nc[nH]c2[nH]ccc12. The molecule has 0 amide bonds. The lowest BCUT2D eigenvalue weighted by Gasteiger charge is -2.29. The van der Waals surface area contributed by atoms with E-state index in [1.165, 1.54) is 0 Å². The first kappa shape index (κ1) is 20.9. The predicted octanol–water partition coefficient (Wildman–Crippen LogP) is 2.68. The highest BCUT2D eigenvalue weighted by Crippen LogP contribution is 2.32. The molecular formula is C19H22ClN3O4S. The smallest absolute Gasteiger partial charge is 0.138 e. The molecule has 0 fully saturated rings. The van der Waals surface area contributed by atoms with Crippen molar-refractivity contribution in [2.45, 2.75) is 31.2 Å². The van der Waals surface area contributed by atoms with Crippen LogP contribution in [0.3, 0.4) is 0 Å². The van der Waals surface area contributed by atoms with Crippen molar-refractivity contribution in [1.82, 2.24) is 15.0 Å². The minimum absolute atomic E-state index is 0.260. The van der Waals surface area contributed by atoms with Crippen molar-refractivity contribution in [2.24, 2.45) is 0 Å². The van der Waals surface area contributed by atoms with Crippen LogP contribution < -0.4 is 0 Å². The van der Waals surface area contributed by atoms with Gasteiger partial charge in [0.05, 0.1) is 37.1 Å². The van der Waals surface area contributed by atoms with Crippen molar-refractivity contribution < 1.29 is 20.1 Å². The largest absolute Gasteiger partial charge is 0.394 e. The van der Waals surface area contributed by atoms with Gasteiger partial charge in [-0.05, 0) is 35.7 Å². The fourth-order valence-corrected chi connectivity index (χ4v) is 3.51. The normalized spacial score (nSPS) is 18.1. The number of nitrogens with zero attached hydrogens (tertiary/aromatic N) is 1. The monoisotopic (exact) mass is 423 g/mol. The van der Waals surface area contributed by atoms with E-state index in [0.29, 0.717) is 16.3 Å². The summed E-state index contributed by atoms with van der Waals surface area (Å²) in [5, 5.41) is 29.6. The van der Waals surface area contributed by atoms with Crippen LogP contribution in [0.15, 0.2) is 36.8 Å². The van der Waals surface area contributed by atoms with Crippen LogP contribution in [0.2, 0.25) is 5.02 Å². The minimum Gasteiger partial charge on any atom is -0.394 e. The molecule has 0 spiro atoms. The summed E-state index contributed by atoms with van der Waals surface area (Å²) in [4.78, 5) is 9.86. The first-order valence-corrected chi connectivity index (χ1v) is 9.66. The van der Waals surface area contributed by atoms with Gasteiger partial charge in [-0.15, -0.1) is 0 Å². The van der Waals surface area contributed by atoms with E-state index < -0.39 is 18.8 Å². The van der Waals surface area contributed by atoms with Crippen molar-refractivity contribution in [3.63, 3.8) is 0 Å². The van der Waals surface area contributed by atoms with E-state index in [4.69, 9.17) is 33.7 Å². The molecular weight excluding hydrogens is 402 g/mol. The molecule has 0 bridgehead atoms. The van der Waals surface area contributed by atoms with Crippen molar-refractivity contribution in [2.75, 3.05) is 13.2 Å². The van der Waals surface area contributed by atoms with Gasteiger partial charge in [0.1, 0.15) is 16.4 Å². The summed E-state index contributed by atoms with van der Waals surface area (Å²) >= 11 is 10.9. The Labute approximate surface area is 172 Å². The predicted molar refractivity (Wildman–Crippen MR) is 109 cm³/mol. The molecule has 3 heterocycles. The Morgan fingerprint density at radius 2 is 2.07 bits per heavy atom. The number of hydrogen-bond acceptors (Lipinski definition) is 6. The molecule has 3 atom stereocenters. The number of nitrogens with one attached hydrogen (secondary N) is 2. The van der Waals surface area contributed by atoms with Gasteiger partial charge in [0.2, 0.25) is 0 Å². The van der Waals surface area contributed by atoms with Gasteiger partial charge in [-0.2, -0.15) is 0 Å².